The predicted molar refractivity (Wildman–Crippen MR) is 146 cm³/mol. The number of benzene rings is 1. The van der Waals surface area contributed by atoms with Crippen LogP contribution in [0.5, 0.6) is 0 Å². The number of halogens is 1. The summed E-state index contributed by atoms with van der Waals surface area (Å²) in [5.41, 5.74) is 1.84. The van der Waals surface area contributed by atoms with Crippen molar-refractivity contribution in [1.29, 1.82) is 0 Å². The maximum Gasteiger partial charge on any atom is 0.410 e. The van der Waals surface area contributed by atoms with Crippen molar-refractivity contribution >= 4 is 46.1 Å². The first-order valence-electron chi connectivity index (χ1n) is 12.8. The fraction of sp³-hybridized carbons (Fsp3) is 0.462. The van der Waals surface area contributed by atoms with Gasteiger partial charge >= 0.3 is 6.09 Å². The van der Waals surface area contributed by atoms with Gasteiger partial charge in [0, 0.05) is 37.4 Å². The SMILES string of the molecule is C=C1Nc2c(NC3CN(C(=O)OC(C)(C)C)C3)nc(-n3cnc4ccc(Cl)cc43)nc2N1C1CCOCC1. The van der Waals surface area contributed by atoms with E-state index < -0.39 is 5.60 Å². The first-order chi connectivity index (χ1) is 18.2. The van der Waals surface area contributed by atoms with Crippen LogP contribution in [-0.4, -0.2) is 74.5 Å². The lowest BCUT2D eigenvalue weighted by Crippen LogP contribution is -2.58. The molecule has 5 heterocycles. The summed E-state index contributed by atoms with van der Waals surface area (Å²) < 4.78 is 12.9. The van der Waals surface area contributed by atoms with Gasteiger partial charge in [-0.25, -0.2) is 9.78 Å². The molecule has 12 heteroatoms. The van der Waals surface area contributed by atoms with E-state index in [1.165, 1.54) is 0 Å². The lowest BCUT2D eigenvalue weighted by atomic mass is 10.1. The van der Waals surface area contributed by atoms with Crippen LogP contribution in [0.3, 0.4) is 0 Å². The van der Waals surface area contributed by atoms with Gasteiger partial charge in [0.15, 0.2) is 11.6 Å². The highest BCUT2D eigenvalue weighted by atomic mass is 35.5. The number of hydrogen-bond donors (Lipinski definition) is 2. The molecular weight excluding hydrogens is 508 g/mol. The van der Waals surface area contributed by atoms with E-state index in [1.807, 2.05) is 43.5 Å². The lowest BCUT2D eigenvalue weighted by molar-refractivity contribution is 0.0104. The monoisotopic (exact) mass is 538 g/mol. The van der Waals surface area contributed by atoms with Crippen molar-refractivity contribution in [3.8, 4) is 5.95 Å². The summed E-state index contributed by atoms with van der Waals surface area (Å²) >= 11 is 6.30. The van der Waals surface area contributed by atoms with Crippen LogP contribution in [0.4, 0.5) is 22.1 Å². The van der Waals surface area contributed by atoms with Crippen LogP contribution in [0.15, 0.2) is 36.9 Å². The van der Waals surface area contributed by atoms with Crippen molar-refractivity contribution in [3.63, 3.8) is 0 Å². The molecule has 2 N–H and O–H groups in total. The van der Waals surface area contributed by atoms with Crippen LogP contribution in [0.1, 0.15) is 33.6 Å². The molecule has 0 aliphatic carbocycles. The number of hydrogen-bond acceptors (Lipinski definition) is 9. The summed E-state index contributed by atoms with van der Waals surface area (Å²) in [6.07, 6.45) is 3.14. The second-order valence-corrected chi connectivity index (χ2v) is 11.3. The number of carbonyl (C=O) groups excluding carboxylic acids is 1. The molecule has 0 saturated carbocycles. The number of nitrogens with one attached hydrogen (secondary N) is 2. The zero-order chi connectivity index (χ0) is 26.6. The van der Waals surface area contributed by atoms with Crippen molar-refractivity contribution in [2.75, 3.05) is 41.8 Å². The minimum Gasteiger partial charge on any atom is -0.444 e. The average molecular weight is 539 g/mol. The molecule has 0 spiro atoms. The zero-order valence-electron chi connectivity index (χ0n) is 21.7. The van der Waals surface area contributed by atoms with E-state index in [2.05, 4.69) is 27.1 Å². The van der Waals surface area contributed by atoms with Gasteiger partial charge < -0.3 is 29.9 Å². The molecule has 6 rings (SSSR count). The first kappa shape index (κ1) is 24.7. The topological polar surface area (TPSA) is 110 Å². The molecule has 3 aromatic rings. The minimum absolute atomic E-state index is 0.00976. The summed E-state index contributed by atoms with van der Waals surface area (Å²) in [6.45, 7) is 12.3. The van der Waals surface area contributed by atoms with Crippen LogP contribution in [0.2, 0.25) is 5.02 Å². The molecular formula is C26H31ClN8O3. The van der Waals surface area contributed by atoms with Gasteiger partial charge in [0.2, 0.25) is 5.95 Å². The Labute approximate surface area is 225 Å². The molecule has 1 amide bonds. The van der Waals surface area contributed by atoms with Crippen LogP contribution < -0.4 is 15.5 Å². The molecule has 0 bridgehead atoms. The summed E-state index contributed by atoms with van der Waals surface area (Å²) in [5.74, 6) is 2.61. The normalized spacial score (nSPS) is 18.4. The van der Waals surface area contributed by atoms with Gasteiger partial charge in [-0.1, -0.05) is 18.2 Å². The smallest absolute Gasteiger partial charge is 0.410 e. The minimum atomic E-state index is -0.535. The summed E-state index contributed by atoms with van der Waals surface area (Å²) in [4.78, 5) is 30.7. The van der Waals surface area contributed by atoms with Crippen molar-refractivity contribution in [1.82, 2.24) is 24.4 Å². The molecule has 2 aromatic heterocycles. The number of rotatable bonds is 4. The molecule has 0 unspecified atom stereocenters. The summed E-state index contributed by atoms with van der Waals surface area (Å²) in [7, 11) is 0. The number of carbonyl (C=O) groups is 1. The molecule has 2 fully saturated rings. The van der Waals surface area contributed by atoms with E-state index in [0.29, 0.717) is 43.1 Å². The van der Waals surface area contributed by atoms with E-state index in [9.17, 15) is 4.79 Å². The van der Waals surface area contributed by atoms with E-state index in [0.717, 1.165) is 41.2 Å². The van der Waals surface area contributed by atoms with Gasteiger partial charge in [0.25, 0.3) is 0 Å². The number of nitrogens with zero attached hydrogens (tertiary/aromatic N) is 6. The Morgan fingerprint density at radius 2 is 2.00 bits per heavy atom. The molecule has 0 atom stereocenters. The van der Waals surface area contributed by atoms with E-state index in [4.69, 9.17) is 31.0 Å². The largest absolute Gasteiger partial charge is 0.444 e. The van der Waals surface area contributed by atoms with E-state index in [1.54, 1.807) is 11.2 Å². The highest BCUT2D eigenvalue weighted by Crippen LogP contribution is 2.42. The number of imidazole rings is 1. The van der Waals surface area contributed by atoms with Gasteiger partial charge in [-0.05, 0) is 51.8 Å². The van der Waals surface area contributed by atoms with Crippen LogP contribution in [-0.2, 0) is 9.47 Å². The number of amides is 1. The van der Waals surface area contributed by atoms with Gasteiger partial charge in [0.1, 0.15) is 23.4 Å². The van der Waals surface area contributed by atoms with Crippen molar-refractivity contribution in [3.05, 3.63) is 41.9 Å². The summed E-state index contributed by atoms with van der Waals surface area (Å²) in [6, 6.07) is 5.76. The van der Waals surface area contributed by atoms with Crippen LogP contribution in [0.25, 0.3) is 17.0 Å². The predicted octanol–water partition coefficient (Wildman–Crippen LogP) is 4.38. The molecule has 200 valence electrons. The molecule has 11 nitrogen and oxygen atoms in total. The number of fused-ring (bicyclic) bond motifs is 2. The Morgan fingerprint density at radius 3 is 2.74 bits per heavy atom. The summed E-state index contributed by atoms with van der Waals surface area (Å²) in [5, 5.41) is 7.53. The van der Waals surface area contributed by atoms with Crippen molar-refractivity contribution in [2.24, 2.45) is 0 Å². The molecule has 38 heavy (non-hydrogen) atoms. The van der Waals surface area contributed by atoms with Crippen molar-refractivity contribution in [2.45, 2.75) is 51.3 Å². The standard InChI is InChI=1S/C26H31ClN8O3/c1-15-29-21-22(30-17-12-33(13-17)25(36)38-26(2,3)4)31-24(32-23(21)35(15)18-7-9-37-10-8-18)34-14-28-19-6-5-16(27)11-20(19)34/h5-6,11,14,17-18,29H,1,7-10,12-13H2,2-4H3,(H,30,31,32). The Kier molecular flexibility index (Phi) is 6.07. The average Bonchev–Trinajstić information content (AvgIpc) is 3.40. The van der Waals surface area contributed by atoms with Gasteiger partial charge in [-0.15, -0.1) is 0 Å². The van der Waals surface area contributed by atoms with E-state index in [-0.39, 0.29) is 18.2 Å². The third-order valence-corrected chi connectivity index (χ3v) is 7.06. The molecule has 2 saturated heterocycles. The van der Waals surface area contributed by atoms with Gasteiger partial charge in [-0.2, -0.15) is 9.97 Å². The fourth-order valence-electron chi connectivity index (χ4n) is 4.99. The third-order valence-electron chi connectivity index (χ3n) is 6.82. The third kappa shape index (κ3) is 4.60. The highest BCUT2D eigenvalue weighted by Gasteiger charge is 2.38. The number of ether oxygens (including phenoxy) is 2. The Hall–Kier alpha value is -3.57. The fourth-order valence-corrected chi connectivity index (χ4v) is 5.15. The second kappa shape index (κ2) is 9.32. The second-order valence-electron chi connectivity index (χ2n) is 10.8. The number of aromatic nitrogens is 4. The van der Waals surface area contributed by atoms with Gasteiger partial charge in [-0.3, -0.25) is 4.57 Å². The van der Waals surface area contributed by atoms with E-state index >= 15 is 0 Å². The van der Waals surface area contributed by atoms with Crippen LogP contribution >= 0.6 is 11.6 Å². The molecule has 3 aliphatic heterocycles. The quantitative estimate of drug-likeness (QED) is 0.500. The Balaban J connectivity index is 1.34. The van der Waals surface area contributed by atoms with Crippen molar-refractivity contribution < 1.29 is 14.3 Å². The zero-order valence-corrected chi connectivity index (χ0v) is 22.5. The highest BCUT2D eigenvalue weighted by molar-refractivity contribution is 6.31. The van der Waals surface area contributed by atoms with Gasteiger partial charge in [0.05, 0.1) is 17.1 Å². The number of anilines is 3. The maximum atomic E-state index is 12.4. The first-order valence-corrected chi connectivity index (χ1v) is 13.2. The number of likely N-dealkylation sites (tertiary alicyclic amines) is 1. The molecule has 0 radical (unpaired) electrons. The molecule has 3 aliphatic rings. The Bertz CT molecular complexity index is 1410. The maximum absolute atomic E-state index is 12.4. The Morgan fingerprint density at radius 1 is 1.24 bits per heavy atom. The lowest BCUT2D eigenvalue weighted by Gasteiger charge is -2.40. The van der Waals surface area contributed by atoms with Crippen LogP contribution in [0, 0.1) is 0 Å². The molecule has 1 aromatic carbocycles.